The molecule has 82 valence electrons. The predicted octanol–water partition coefficient (Wildman–Crippen LogP) is 0.708. The van der Waals surface area contributed by atoms with Gasteiger partial charge in [-0.3, -0.25) is 4.79 Å². The highest BCUT2D eigenvalue weighted by Crippen LogP contribution is 2.08. The molecule has 0 aliphatic carbocycles. The predicted molar refractivity (Wildman–Crippen MR) is 53.1 cm³/mol. The minimum atomic E-state index is -0.110. The van der Waals surface area contributed by atoms with E-state index in [2.05, 4.69) is 5.32 Å². The van der Waals surface area contributed by atoms with Gasteiger partial charge in [0.05, 0.1) is 6.61 Å². The summed E-state index contributed by atoms with van der Waals surface area (Å²) in [7, 11) is 1.64. The number of carbonyl (C=O) groups excluding carboxylic acids is 1. The highest BCUT2D eigenvalue weighted by Gasteiger charge is 2.21. The Bertz CT molecular complexity index is 167. The standard InChI is InChI=1S/C10H19NO3/c1-13-7-4-8-14-10(12)9-5-2-3-6-11-9/h9,11H,2-8H2,1H3/t9-/m1/s1. The summed E-state index contributed by atoms with van der Waals surface area (Å²) in [6.07, 6.45) is 3.95. The van der Waals surface area contributed by atoms with E-state index in [0.717, 1.165) is 32.2 Å². The molecule has 0 unspecified atom stereocenters. The molecule has 0 aromatic heterocycles. The Hall–Kier alpha value is -0.610. The number of nitrogens with one attached hydrogen (secondary N) is 1. The average molecular weight is 201 g/mol. The van der Waals surface area contributed by atoms with Gasteiger partial charge >= 0.3 is 5.97 Å². The van der Waals surface area contributed by atoms with Crippen molar-refractivity contribution >= 4 is 5.97 Å². The first kappa shape index (κ1) is 11.5. The summed E-state index contributed by atoms with van der Waals surface area (Å²) < 4.78 is 9.96. The Balaban J connectivity index is 2.07. The molecular weight excluding hydrogens is 182 g/mol. The Kier molecular flexibility index (Phi) is 5.56. The molecule has 0 saturated carbocycles. The van der Waals surface area contributed by atoms with Crippen LogP contribution in [-0.2, 0) is 14.3 Å². The first-order valence-corrected chi connectivity index (χ1v) is 5.23. The molecular formula is C10H19NO3. The maximum atomic E-state index is 11.4. The van der Waals surface area contributed by atoms with Crippen LogP contribution in [-0.4, -0.2) is 38.9 Å². The third-order valence-electron chi connectivity index (χ3n) is 2.33. The van der Waals surface area contributed by atoms with Gasteiger partial charge in [0.15, 0.2) is 0 Å². The van der Waals surface area contributed by atoms with Gasteiger partial charge in [0.1, 0.15) is 6.04 Å². The molecule has 1 heterocycles. The Morgan fingerprint density at radius 1 is 1.43 bits per heavy atom. The molecule has 1 fully saturated rings. The summed E-state index contributed by atoms with van der Waals surface area (Å²) in [5.74, 6) is -0.110. The highest BCUT2D eigenvalue weighted by atomic mass is 16.5. The molecule has 0 bridgehead atoms. The van der Waals surface area contributed by atoms with Crippen molar-refractivity contribution in [2.75, 3.05) is 26.9 Å². The van der Waals surface area contributed by atoms with Crippen LogP contribution >= 0.6 is 0 Å². The molecule has 1 aliphatic rings. The largest absolute Gasteiger partial charge is 0.464 e. The number of esters is 1. The third-order valence-corrected chi connectivity index (χ3v) is 2.33. The minimum Gasteiger partial charge on any atom is -0.464 e. The Morgan fingerprint density at radius 3 is 2.93 bits per heavy atom. The van der Waals surface area contributed by atoms with E-state index in [9.17, 15) is 4.79 Å². The lowest BCUT2D eigenvalue weighted by molar-refractivity contribution is -0.147. The smallest absolute Gasteiger partial charge is 0.323 e. The van der Waals surface area contributed by atoms with Crippen LogP contribution in [0.25, 0.3) is 0 Å². The fourth-order valence-corrected chi connectivity index (χ4v) is 1.53. The zero-order valence-corrected chi connectivity index (χ0v) is 8.75. The Labute approximate surface area is 85.0 Å². The molecule has 0 aromatic carbocycles. The second-order valence-corrected chi connectivity index (χ2v) is 3.52. The molecule has 4 heteroatoms. The number of hydrogen-bond acceptors (Lipinski definition) is 4. The van der Waals surface area contributed by atoms with Gasteiger partial charge in [-0.2, -0.15) is 0 Å². The zero-order chi connectivity index (χ0) is 10.2. The molecule has 0 aromatic rings. The van der Waals surface area contributed by atoms with Crippen LogP contribution < -0.4 is 5.32 Å². The quantitative estimate of drug-likeness (QED) is 0.525. The van der Waals surface area contributed by atoms with Crippen molar-refractivity contribution < 1.29 is 14.3 Å². The lowest BCUT2D eigenvalue weighted by atomic mass is 10.1. The van der Waals surface area contributed by atoms with Crippen LogP contribution in [0.4, 0.5) is 0 Å². The number of methoxy groups -OCH3 is 1. The summed E-state index contributed by atoms with van der Waals surface area (Å²) in [6.45, 7) is 2.04. The minimum absolute atomic E-state index is 0.0775. The van der Waals surface area contributed by atoms with E-state index in [1.54, 1.807) is 7.11 Å². The molecule has 4 nitrogen and oxygen atoms in total. The molecule has 14 heavy (non-hydrogen) atoms. The van der Waals surface area contributed by atoms with E-state index in [-0.39, 0.29) is 12.0 Å². The molecule has 0 amide bonds. The van der Waals surface area contributed by atoms with Crippen molar-refractivity contribution in [2.24, 2.45) is 0 Å². The lowest BCUT2D eigenvalue weighted by Gasteiger charge is -2.21. The van der Waals surface area contributed by atoms with Crippen LogP contribution in [0, 0.1) is 0 Å². The summed E-state index contributed by atoms with van der Waals surface area (Å²) in [6, 6.07) is -0.0775. The summed E-state index contributed by atoms with van der Waals surface area (Å²) in [5.41, 5.74) is 0. The average Bonchev–Trinajstić information content (AvgIpc) is 2.25. The maximum absolute atomic E-state index is 11.4. The monoisotopic (exact) mass is 201 g/mol. The van der Waals surface area contributed by atoms with Crippen LogP contribution in [0.1, 0.15) is 25.7 Å². The van der Waals surface area contributed by atoms with Crippen molar-refractivity contribution in [3.63, 3.8) is 0 Å². The van der Waals surface area contributed by atoms with Gasteiger partial charge < -0.3 is 14.8 Å². The molecule has 1 saturated heterocycles. The lowest BCUT2D eigenvalue weighted by Crippen LogP contribution is -2.41. The fraction of sp³-hybridized carbons (Fsp3) is 0.900. The SMILES string of the molecule is COCCCOC(=O)[C@H]1CCCCN1. The summed E-state index contributed by atoms with van der Waals surface area (Å²) in [5, 5.41) is 3.15. The van der Waals surface area contributed by atoms with E-state index in [1.807, 2.05) is 0 Å². The van der Waals surface area contributed by atoms with E-state index in [1.165, 1.54) is 0 Å². The van der Waals surface area contributed by atoms with Gasteiger partial charge in [0.25, 0.3) is 0 Å². The topological polar surface area (TPSA) is 47.6 Å². The number of rotatable bonds is 5. The van der Waals surface area contributed by atoms with Crippen molar-refractivity contribution in [3.8, 4) is 0 Å². The summed E-state index contributed by atoms with van der Waals surface area (Å²) >= 11 is 0. The number of ether oxygens (including phenoxy) is 2. The van der Waals surface area contributed by atoms with Crippen molar-refractivity contribution in [1.82, 2.24) is 5.32 Å². The van der Waals surface area contributed by atoms with Crippen LogP contribution in [0.3, 0.4) is 0 Å². The van der Waals surface area contributed by atoms with Crippen molar-refractivity contribution in [3.05, 3.63) is 0 Å². The van der Waals surface area contributed by atoms with E-state index >= 15 is 0 Å². The van der Waals surface area contributed by atoms with E-state index < -0.39 is 0 Å². The van der Waals surface area contributed by atoms with Gasteiger partial charge in [-0.15, -0.1) is 0 Å². The van der Waals surface area contributed by atoms with Crippen molar-refractivity contribution in [1.29, 1.82) is 0 Å². The molecule has 1 rings (SSSR count). The highest BCUT2D eigenvalue weighted by molar-refractivity contribution is 5.75. The molecule has 0 spiro atoms. The zero-order valence-electron chi connectivity index (χ0n) is 8.75. The van der Waals surface area contributed by atoms with E-state index in [0.29, 0.717) is 13.2 Å². The van der Waals surface area contributed by atoms with Gasteiger partial charge in [0, 0.05) is 20.1 Å². The van der Waals surface area contributed by atoms with Gasteiger partial charge in [-0.05, 0) is 19.4 Å². The van der Waals surface area contributed by atoms with Crippen LogP contribution in [0.5, 0.6) is 0 Å². The van der Waals surface area contributed by atoms with E-state index in [4.69, 9.17) is 9.47 Å². The fourth-order valence-electron chi connectivity index (χ4n) is 1.53. The number of hydrogen-bond donors (Lipinski definition) is 1. The normalized spacial score (nSPS) is 21.9. The molecule has 1 aliphatic heterocycles. The first-order valence-electron chi connectivity index (χ1n) is 5.23. The second kappa shape index (κ2) is 6.79. The maximum Gasteiger partial charge on any atom is 0.323 e. The molecule has 0 radical (unpaired) electrons. The van der Waals surface area contributed by atoms with Gasteiger partial charge in [-0.25, -0.2) is 0 Å². The van der Waals surface area contributed by atoms with Crippen molar-refractivity contribution in [2.45, 2.75) is 31.7 Å². The van der Waals surface area contributed by atoms with Gasteiger partial charge in [0.2, 0.25) is 0 Å². The number of piperidine rings is 1. The van der Waals surface area contributed by atoms with Gasteiger partial charge in [-0.1, -0.05) is 6.42 Å². The van der Waals surface area contributed by atoms with Crippen LogP contribution in [0.2, 0.25) is 0 Å². The summed E-state index contributed by atoms with van der Waals surface area (Å²) in [4.78, 5) is 11.4. The molecule has 1 N–H and O–H groups in total. The third kappa shape index (κ3) is 4.07. The first-order chi connectivity index (χ1) is 6.84. The number of carbonyl (C=O) groups is 1. The Morgan fingerprint density at radius 2 is 2.29 bits per heavy atom. The molecule has 1 atom stereocenters. The second-order valence-electron chi connectivity index (χ2n) is 3.52. The van der Waals surface area contributed by atoms with Crippen LogP contribution in [0.15, 0.2) is 0 Å².